The Morgan fingerprint density at radius 1 is 1.29 bits per heavy atom. The van der Waals surface area contributed by atoms with Gasteiger partial charge in [0.2, 0.25) is 0 Å². The highest BCUT2D eigenvalue weighted by molar-refractivity contribution is 5.99. The third-order valence-electron chi connectivity index (χ3n) is 5.45. The molecule has 4 nitrogen and oxygen atoms in total. The van der Waals surface area contributed by atoms with Gasteiger partial charge in [0.25, 0.3) is 0 Å². The van der Waals surface area contributed by atoms with Crippen LogP contribution in [-0.4, -0.2) is 46.9 Å². The fourth-order valence-corrected chi connectivity index (χ4v) is 3.86. The van der Waals surface area contributed by atoms with E-state index in [1.165, 1.54) is 0 Å². The number of alkyl halides is 3. The van der Waals surface area contributed by atoms with Gasteiger partial charge in [0.1, 0.15) is 0 Å². The molecule has 7 heteroatoms. The maximum atomic E-state index is 12.8. The normalized spacial score (nSPS) is 32.0. The largest absolute Gasteiger partial charge is 0.471 e. The summed E-state index contributed by atoms with van der Waals surface area (Å²) in [6.07, 6.45) is 1.04. The van der Waals surface area contributed by atoms with Crippen LogP contribution in [0.25, 0.3) is 0 Å². The predicted octanol–water partition coefficient (Wildman–Crippen LogP) is 2.73. The lowest BCUT2D eigenvalue weighted by Gasteiger charge is -2.34. The number of nitrogens with one attached hydrogen (secondary N) is 1. The molecule has 0 aromatic heterocycles. The second-order valence-electron chi connectivity index (χ2n) is 7.28. The molecule has 24 heavy (non-hydrogen) atoms. The van der Waals surface area contributed by atoms with Crippen molar-refractivity contribution in [3.05, 3.63) is 11.6 Å². The second-order valence-corrected chi connectivity index (χ2v) is 7.28. The van der Waals surface area contributed by atoms with Crippen molar-refractivity contribution in [1.29, 1.82) is 0 Å². The Balaban J connectivity index is 1.73. The Kier molecular flexibility index (Phi) is 4.49. The summed E-state index contributed by atoms with van der Waals surface area (Å²) < 4.78 is 38.4. The van der Waals surface area contributed by atoms with Crippen LogP contribution in [0.3, 0.4) is 0 Å². The van der Waals surface area contributed by atoms with Crippen LogP contribution in [0.5, 0.6) is 0 Å². The quantitative estimate of drug-likeness (QED) is 0.838. The summed E-state index contributed by atoms with van der Waals surface area (Å²) in [7, 11) is 0. The molecular weight excluding hydrogens is 321 g/mol. The Labute approximate surface area is 139 Å². The summed E-state index contributed by atoms with van der Waals surface area (Å²) in [4.78, 5) is 25.3. The highest BCUT2D eigenvalue weighted by Crippen LogP contribution is 2.47. The monoisotopic (exact) mass is 344 g/mol. The summed E-state index contributed by atoms with van der Waals surface area (Å²) in [5, 5.41) is 3.27. The molecule has 0 bridgehead atoms. The van der Waals surface area contributed by atoms with E-state index < -0.39 is 17.6 Å². The minimum atomic E-state index is -4.83. The number of amides is 1. The number of carbonyl (C=O) groups is 2. The van der Waals surface area contributed by atoms with Crippen molar-refractivity contribution < 1.29 is 22.8 Å². The summed E-state index contributed by atoms with van der Waals surface area (Å²) in [6, 6.07) is 0.150. The zero-order chi connectivity index (χ0) is 17.5. The van der Waals surface area contributed by atoms with Gasteiger partial charge >= 0.3 is 12.1 Å². The number of hydrogen-bond donors (Lipinski definition) is 1. The molecule has 3 aliphatic rings. The first-order valence-corrected chi connectivity index (χ1v) is 8.61. The van der Waals surface area contributed by atoms with Gasteiger partial charge in [-0.05, 0) is 57.4 Å². The average Bonchev–Trinajstić information content (AvgIpc) is 3.16. The molecule has 0 radical (unpaired) electrons. The molecule has 3 rings (SSSR count). The molecule has 1 saturated carbocycles. The number of nitrogens with zero attached hydrogens (tertiary/aromatic N) is 1. The molecule has 2 fully saturated rings. The lowest BCUT2D eigenvalue weighted by molar-refractivity contribution is -0.188. The van der Waals surface area contributed by atoms with Crippen LogP contribution in [0.4, 0.5) is 13.2 Å². The Hall–Kier alpha value is -1.37. The van der Waals surface area contributed by atoms with Crippen LogP contribution in [0, 0.1) is 0 Å². The molecule has 2 atom stereocenters. The third kappa shape index (κ3) is 3.36. The van der Waals surface area contributed by atoms with Gasteiger partial charge in [-0.3, -0.25) is 9.59 Å². The highest BCUT2D eigenvalue weighted by atomic mass is 19.4. The topological polar surface area (TPSA) is 49.4 Å². The first-order valence-electron chi connectivity index (χ1n) is 8.61. The van der Waals surface area contributed by atoms with E-state index in [4.69, 9.17) is 0 Å². The van der Waals surface area contributed by atoms with Crippen LogP contribution >= 0.6 is 0 Å². The van der Waals surface area contributed by atoms with Crippen molar-refractivity contribution in [2.45, 2.75) is 75.7 Å². The minimum absolute atomic E-state index is 0.0669. The van der Waals surface area contributed by atoms with Gasteiger partial charge in [-0.25, -0.2) is 0 Å². The summed E-state index contributed by atoms with van der Waals surface area (Å²) in [5.74, 6) is -1.67. The molecule has 2 heterocycles. The Morgan fingerprint density at radius 2 is 2.00 bits per heavy atom. The minimum Gasteiger partial charge on any atom is -0.329 e. The van der Waals surface area contributed by atoms with Crippen LogP contribution in [0.1, 0.15) is 51.9 Å². The first-order chi connectivity index (χ1) is 11.2. The zero-order valence-corrected chi connectivity index (χ0v) is 13.8. The molecule has 1 spiro atoms. The van der Waals surface area contributed by atoms with Crippen LogP contribution in [0.2, 0.25) is 0 Å². The molecule has 1 aliphatic carbocycles. The number of carbonyl (C=O) groups excluding carboxylic acids is 2. The standard InChI is InChI=1S/C17H23F3N2O2/c1-11-4-5-13(21-11)14(23)12-3-2-10-22(15(24)17(18,19)20)16(7-6-12)8-9-16/h6,11,13,21H,2-5,7-10H2,1H3/b12-6-/t11-,13+/m1/s1. The molecule has 0 aromatic rings. The van der Waals surface area contributed by atoms with E-state index >= 15 is 0 Å². The SMILES string of the molecule is C[C@@H]1CC[C@@H](C(=O)/C2=C\CC3(CC3)N(C(=O)C(F)(F)F)CCC2)N1. The van der Waals surface area contributed by atoms with E-state index in [1.807, 2.05) is 6.92 Å². The van der Waals surface area contributed by atoms with Crippen molar-refractivity contribution in [2.24, 2.45) is 0 Å². The molecule has 1 amide bonds. The zero-order valence-electron chi connectivity index (χ0n) is 13.8. The first kappa shape index (κ1) is 17.5. The van der Waals surface area contributed by atoms with Crippen molar-refractivity contribution in [3.8, 4) is 0 Å². The van der Waals surface area contributed by atoms with Crippen LogP contribution < -0.4 is 5.32 Å². The van der Waals surface area contributed by atoms with Gasteiger partial charge in [0.05, 0.1) is 6.04 Å². The van der Waals surface area contributed by atoms with Gasteiger partial charge in [0.15, 0.2) is 5.78 Å². The van der Waals surface area contributed by atoms with Gasteiger partial charge in [-0.1, -0.05) is 6.08 Å². The van der Waals surface area contributed by atoms with E-state index in [0.29, 0.717) is 43.7 Å². The number of halogens is 3. The van der Waals surface area contributed by atoms with Crippen LogP contribution in [-0.2, 0) is 9.59 Å². The Bertz CT molecular complexity index is 567. The van der Waals surface area contributed by atoms with Gasteiger partial charge in [-0.2, -0.15) is 13.2 Å². The fourth-order valence-electron chi connectivity index (χ4n) is 3.86. The maximum absolute atomic E-state index is 12.8. The van der Waals surface area contributed by atoms with Crippen molar-refractivity contribution >= 4 is 11.7 Å². The number of hydrogen-bond acceptors (Lipinski definition) is 3. The summed E-state index contributed by atoms with van der Waals surface area (Å²) in [6.45, 7) is 2.11. The summed E-state index contributed by atoms with van der Waals surface area (Å²) in [5.41, 5.74) is -0.0124. The number of rotatable bonds is 2. The molecule has 134 valence electrons. The molecule has 0 unspecified atom stereocenters. The molecule has 1 saturated heterocycles. The number of ketones is 1. The smallest absolute Gasteiger partial charge is 0.329 e. The second kappa shape index (κ2) is 6.17. The van der Waals surface area contributed by atoms with E-state index in [1.54, 1.807) is 6.08 Å². The van der Waals surface area contributed by atoms with Gasteiger partial charge in [-0.15, -0.1) is 0 Å². The van der Waals surface area contributed by atoms with Crippen LogP contribution in [0.15, 0.2) is 11.6 Å². The average molecular weight is 344 g/mol. The summed E-state index contributed by atoms with van der Waals surface area (Å²) >= 11 is 0. The van der Waals surface area contributed by atoms with Gasteiger partial charge in [0, 0.05) is 18.1 Å². The predicted molar refractivity (Wildman–Crippen MR) is 82.3 cm³/mol. The molecule has 1 N–H and O–H groups in total. The lowest BCUT2D eigenvalue weighted by atomic mass is 9.93. The molecular formula is C17H23F3N2O2. The van der Waals surface area contributed by atoms with E-state index in [-0.39, 0.29) is 18.4 Å². The molecule has 0 aromatic carbocycles. The van der Waals surface area contributed by atoms with Crippen molar-refractivity contribution in [1.82, 2.24) is 10.2 Å². The van der Waals surface area contributed by atoms with Gasteiger partial charge < -0.3 is 10.2 Å². The Morgan fingerprint density at radius 3 is 2.54 bits per heavy atom. The highest BCUT2D eigenvalue weighted by Gasteiger charge is 2.55. The fraction of sp³-hybridized carbons (Fsp3) is 0.765. The maximum Gasteiger partial charge on any atom is 0.471 e. The van der Waals surface area contributed by atoms with E-state index in [2.05, 4.69) is 5.32 Å². The molecule has 2 aliphatic heterocycles. The van der Waals surface area contributed by atoms with E-state index in [9.17, 15) is 22.8 Å². The lowest BCUT2D eigenvalue weighted by Crippen LogP contribution is -2.49. The van der Waals surface area contributed by atoms with Crippen molar-refractivity contribution in [2.75, 3.05) is 6.54 Å². The third-order valence-corrected chi connectivity index (χ3v) is 5.45. The number of Topliss-reactive ketones (excluding diaryl/α,β-unsaturated/α-hetero) is 1. The van der Waals surface area contributed by atoms with Crippen molar-refractivity contribution in [3.63, 3.8) is 0 Å². The van der Waals surface area contributed by atoms with E-state index in [0.717, 1.165) is 17.7 Å².